The van der Waals surface area contributed by atoms with Gasteiger partial charge in [-0.3, -0.25) is 9.80 Å². The summed E-state index contributed by atoms with van der Waals surface area (Å²) in [5.41, 5.74) is 0.463. The Morgan fingerprint density at radius 1 is 1.37 bits per heavy atom. The van der Waals surface area contributed by atoms with Crippen molar-refractivity contribution in [3.05, 3.63) is 29.3 Å². The highest BCUT2D eigenvalue weighted by Crippen LogP contribution is 2.24. The first-order valence-corrected chi connectivity index (χ1v) is 6.06. The second-order valence-electron chi connectivity index (χ2n) is 4.21. The predicted molar refractivity (Wildman–Crippen MR) is 69.0 cm³/mol. The molecule has 6 nitrogen and oxygen atoms in total. The molecule has 1 aromatic rings. The second-order valence-corrected chi connectivity index (χ2v) is 4.62. The number of hydrogen-bond donors (Lipinski definition) is 0. The molecule has 1 aliphatic rings. The normalized spacial score (nSPS) is 16.8. The number of halogens is 1. The third kappa shape index (κ3) is 3.08. The van der Waals surface area contributed by atoms with Crippen LogP contribution in [-0.4, -0.2) is 36.7 Å². The van der Waals surface area contributed by atoms with Gasteiger partial charge in [-0.2, -0.15) is 0 Å². The Labute approximate surface area is 115 Å². The molecular weight excluding hydrogens is 272 g/mol. The Hall–Kier alpha value is -1.95. The van der Waals surface area contributed by atoms with E-state index in [4.69, 9.17) is 11.6 Å². The van der Waals surface area contributed by atoms with Crippen molar-refractivity contribution in [2.45, 2.75) is 13.0 Å². The molecule has 1 atom stereocenters. The van der Waals surface area contributed by atoms with Gasteiger partial charge in [0, 0.05) is 13.6 Å². The van der Waals surface area contributed by atoms with E-state index in [1.165, 1.54) is 11.9 Å². The zero-order valence-corrected chi connectivity index (χ0v) is 11.3. The van der Waals surface area contributed by atoms with Crippen LogP contribution in [0, 0.1) is 0 Å². The van der Waals surface area contributed by atoms with Gasteiger partial charge in [-0.05, 0) is 19.1 Å². The highest BCUT2D eigenvalue weighted by molar-refractivity contribution is 6.33. The molecule has 1 unspecified atom stereocenters. The molecule has 0 N–H and O–H groups in total. The minimum atomic E-state index is -0.823. The summed E-state index contributed by atoms with van der Waals surface area (Å²) in [4.78, 5) is 34.5. The summed E-state index contributed by atoms with van der Waals surface area (Å²) >= 11 is 5.94. The van der Waals surface area contributed by atoms with Gasteiger partial charge in [0.25, 0.3) is 0 Å². The van der Waals surface area contributed by atoms with Crippen LogP contribution < -0.4 is 4.90 Å². The molecular formula is C12H13ClN2O4. The fraction of sp³-hybridized carbons (Fsp3) is 0.333. The van der Waals surface area contributed by atoms with Gasteiger partial charge in [0.2, 0.25) is 0 Å². The molecule has 1 fully saturated rings. The summed E-state index contributed by atoms with van der Waals surface area (Å²) in [6.07, 6.45) is -1.50. The monoisotopic (exact) mass is 284 g/mol. The molecule has 0 saturated carbocycles. The molecule has 1 aliphatic heterocycles. The molecule has 7 heteroatoms. The molecule has 0 radical (unpaired) electrons. The largest absolute Gasteiger partial charge is 0.457 e. The second kappa shape index (κ2) is 5.36. The van der Waals surface area contributed by atoms with Crippen molar-refractivity contribution in [1.29, 1.82) is 0 Å². The maximum Gasteiger partial charge on any atom is 0.457 e. The van der Waals surface area contributed by atoms with Crippen LogP contribution in [0.1, 0.15) is 6.92 Å². The lowest BCUT2D eigenvalue weighted by molar-refractivity contribution is -0.180. The first kappa shape index (κ1) is 13.5. The van der Waals surface area contributed by atoms with E-state index in [1.54, 1.807) is 24.3 Å². The summed E-state index contributed by atoms with van der Waals surface area (Å²) in [5.74, 6) is 0. The molecule has 2 amide bonds. The molecule has 102 valence electrons. The first-order chi connectivity index (χ1) is 9.00. The van der Waals surface area contributed by atoms with Crippen molar-refractivity contribution in [3.8, 4) is 0 Å². The van der Waals surface area contributed by atoms with E-state index in [1.807, 2.05) is 6.92 Å². The first-order valence-electron chi connectivity index (χ1n) is 5.68. The Bertz CT molecular complexity index is 508. The zero-order chi connectivity index (χ0) is 14.0. The number of amides is 2. The number of benzene rings is 1. The Kier molecular flexibility index (Phi) is 3.80. The van der Waals surface area contributed by atoms with Gasteiger partial charge >= 0.3 is 12.2 Å². The van der Waals surface area contributed by atoms with Crippen molar-refractivity contribution in [3.63, 3.8) is 0 Å². The lowest BCUT2D eigenvalue weighted by Crippen LogP contribution is -2.29. The van der Waals surface area contributed by atoms with Crippen LogP contribution in [-0.2, 0) is 9.78 Å². The number of para-hydroxylation sites is 1. The van der Waals surface area contributed by atoms with Crippen LogP contribution in [0.5, 0.6) is 0 Å². The Balaban J connectivity index is 1.89. The summed E-state index contributed by atoms with van der Waals surface area (Å²) in [6.45, 7) is 2.47. The van der Waals surface area contributed by atoms with E-state index in [-0.39, 0.29) is 6.04 Å². The minimum Gasteiger partial charge on any atom is -0.299 e. The Morgan fingerprint density at radius 2 is 2.00 bits per heavy atom. The van der Waals surface area contributed by atoms with Gasteiger partial charge in [-0.15, -0.1) is 0 Å². The van der Waals surface area contributed by atoms with Crippen LogP contribution in [0.4, 0.5) is 15.3 Å². The van der Waals surface area contributed by atoms with Gasteiger partial charge in [-0.1, -0.05) is 23.7 Å². The van der Waals surface area contributed by atoms with Crippen molar-refractivity contribution < 1.29 is 19.4 Å². The fourth-order valence-electron chi connectivity index (χ4n) is 1.49. The van der Waals surface area contributed by atoms with Crippen LogP contribution in [0.25, 0.3) is 0 Å². The average Bonchev–Trinajstić information content (AvgIpc) is 3.12. The van der Waals surface area contributed by atoms with E-state index >= 15 is 0 Å². The van der Waals surface area contributed by atoms with E-state index in [2.05, 4.69) is 9.78 Å². The third-order valence-corrected chi connectivity index (χ3v) is 3.09. The van der Waals surface area contributed by atoms with E-state index in [0.717, 1.165) is 4.90 Å². The summed E-state index contributed by atoms with van der Waals surface area (Å²) in [7, 11) is 1.47. The zero-order valence-electron chi connectivity index (χ0n) is 10.5. The maximum atomic E-state index is 11.7. The summed E-state index contributed by atoms with van der Waals surface area (Å²) < 4.78 is 0. The number of nitrogens with zero attached hydrogens (tertiary/aromatic N) is 2. The minimum absolute atomic E-state index is 0.132. The molecule has 2 rings (SSSR count). The lowest BCUT2D eigenvalue weighted by atomic mass is 10.3. The van der Waals surface area contributed by atoms with Gasteiger partial charge < -0.3 is 0 Å². The van der Waals surface area contributed by atoms with Crippen molar-refractivity contribution >= 4 is 29.5 Å². The topological polar surface area (TPSA) is 58.9 Å². The predicted octanol–water partition coefficient (Wildman–Crippen LogP) is 2.67. The third-order valence-electron chi connectivity index (χ3n) is 2.77. The Morgan fingerprint density at radius 3 is 2.58 bits per heavy atom. The SMILES string of the molecule is CC1CN1C(=O)OOC(=O)N(C)c1ccccc1Cl. The summed E-state index contributed by atoms with van der Waals surface area (Å²) in [5, 5.41) is 0.396. The van der Waals surface area contributed by atoms with E-state index < -0.39 is 12.2 Å². The van der Waals surface area contributed by atoms with Crippen LogP contribution >= 0.6 is 11.6 Å². The van der Waals surface area contributed by atoms with Gasteiger partial charge in [0.05, 0.1) is 16.8 Å². The van der Waals surface area contributed by atoms with Crippen LogP contribution in [0.15, 0.2) is 24.3 Å². The van der Waals surface area contributed by atoms with Crippen molar-refractivity contribution in [1.82, 2.24) is 4.90 Å². The molecule has 0 bridgehead atoms. The summed E-state index contributed by atoms with van der Waals surface area (Å²) in [6, 6.07) is 6.90. The molecule has 0 spiro atoms. The number of carbonyl (C=O) groups excluding carboxylic acids is 2. The number of anilines is 1. The van der Waals surface area contributed by atoms with E-state index in [0.29, 0.717) is 17.3 Å². The maximum absolute atomic E-state index is 11.7. The average molecular weight is 285 g/mol. The molecule has 0 aromatic heterocycles. The smallest absolute Gasteiger partial charge is 0.299 e. The molecule has 19 heavy (non-hydrogen) atoms. The molecule has 0 aliphatic carbocycles. The fourth-order valence-corrected chi connectivity index (χ4v) is 1.75. The van der Waals surface area contributed by atoms with Gasteiger partial charge in [0.1, 0.15) is 0 Å². The van der Waals surface area contributed by atoms with Crippen LogP contribution in [0.3, 0.4) is 0 Å². The number of rotatable bonds is 1. The number of hydrogen-bond acceptors (Lipinski definition) is 4. The highest BCUT2D eigenvalue weighted by Gasteiger charge is 2.37. The van der Waals surface area contributed by atoms with Gasteiger partial charge in [-0.25, -0.2) is 19.4 Å². The van der Waals surface area contributed by atoms with Crippen molar-refractivity contribution in [2.75, 3.05) is 18.5 Å². The molecule has 1 saturated heterocycles. The van der Waals surface area contributed by atoms with Gasteiger partial charge in [0.15, 0.2) is 0 Å². The lowest BCUT2D eigenvalue weighted by Gasteiger charge is -2.16. The number of carbonyl (C=O) groups is 2. The standard InChI is InChI=1S/C12H13ClN2O4/c1-8-7-15(8)12(17)19-18-11(16)14(2)10-6-4-3-5-9(10)13/h3-6,8H,7H2,1-2H3. The highest BCUT2D eigenvalue weighted by atomic mass is 35.5. The molecule has 1 heterocycles. The van der Waals surface area contributed by atoms with Crippen LogP contribution in [0.2, 0.25) is 5.02 Å². The van der Waals surface area contributed by atoms with Crippen molar-refractivity contribution in [2.24, 2.45) is 0 Å². The quantitative estimate of drug-likeness (QED) is 0.452. The molecule has 1 aromatic carbocycles. The van der Waals surface area contributed by atoms with E-state index in [9.17, 15) is 9.59 Å².